The fourth-order valence-electron chi connectivity index (χ4n) is 5.41. The number of halogens is 1. The molecule has 1 aliphatic carbocycles. The number of piperazine rings is 1. The summed E-state index contributed by atoms with van der Waals surface area (Å²) in [6.07, 6.45) is 5.95. The molecule has 5 rings (SSSR count). The van der Waals surface area contributed by atoms with E-state index < -0.39 is 0 Å². The molecule has 0 spiro atoms. The van der Waals surface area contributed by atoms with Crippen molar-refractivity contribution in [1.82, 2.24) is 24.7 Å². The second kappa shape index (κ2) is 11.1. The van der Waals surface area contributed by atoms with E-state index in [0.29, 0.717) is 18.1 Å². The number of oxime groups is 1. The summed E-state index contributed by atoms with van der Waals surface area (Å²) in [5.41, 5.74) is 3.33. The molecule has 9 heteroatoms. The topological polar surface area (TPSA) is 74.2 Å². The van der Waals surface area contributed by atoms with Crippen LogP contribution in [0.5, 0.6) is 0 Å². The molecule has 3 aliphatic rings. The number of aryl methyl sites for hydroxylation is 2. The quantitative estimate of drug-likeness (QED) is 0.294. The number of likely N-dealkylation sites (tertiary alicyclic amines) is 1. The smallest absolute Gasteiger partial charge is 0.257 e. The molecule has 8 nitrogen and oxygen atoms in total. The minimum Gasteiger partial charge on any atom is -0.394 e. The first-order valence-electron chi connectivity index (χ1n) is 13.4. The molecule has 1 aromatic carbocycles. The van der Waals surface area contributed by atoms with E-state index in [1.807, 2.05) is 18.7 Å². The molecule has 0 radical (unpaired) electrons. The number of carbonyl (C=O) groups excluding carboxylic acids is 1. The van der Waals surface area contributed by atoms with Crippen LogP contribution in [0.4, 0.5) is 0 Å². The lowest BCUT2D eigenvalue weighted by Gasteiger charge is -2.50. The van der Waals surface area contributed by atoms with Crippen LogP contribution >= 0.6 is 15.9 Å². The number of benzene rings is 1. The van der Waals surface area contributed by atoms with Crippen molar-refractivity contribution in [3.63, 3.8) is 0 Å². The van der Waals surface area contributed by atoms with Crippen LogP contribution in [0.25, 0.3) is 0 Å². The van der Waals surface area contributed by atoms with Crippen molar-refractivity contribution in [2.75, 3.05) is 45.9 Å². The highest BCUT2D eigenvalue weighted by Gasteiger charge is 2.39. The third kappa shape index (κ3) is 5.98. The summed E-state index contributed by atoms with van der Waals surface area (Å²) < 4.78 is 1.06. The molecule has 3 fully saturated rings. The fraction of sp³-hybridized carbons (Fsp3) is 0.571. The molecular weight excluding hydrogens is 532 g/mol. The molecular formula is C28H37BrN6O2. The average Bonchev–Trinajstić information content (AvgIpc) is 3.72. The predicted octanol–water partition coefficient (Wildman–Crippen LogP) is 4.26. The lowest BCUT2D eigenvalue weighted by atomic mass is 9.86. The van der Waals surface area contributed by atoms with Gasteiger partial charge in [-0.1, -0.05) is 33.2 Å². The lowest BCUT2D eigenvalue weighted by molar-refractivity contribution is 0.0118. The van der Waals surface area contributed by atoms with E-state index in [1.165, 1.54) is 19.2 Å². The van der Waals surface area contributed by atoms with E-state index in [2.05, 4.69) is 72.0 Å². The van der Waals surface area contributed by atoms with Crippen molar-refractivity contribution in [3.05, 3.63) is 57.6 Å². The zero-order valence-electron chi connectivity index (χ0n) is 22.1. The molecule has 1 aromatic heterocycles. The highest BCUT2D eigenvalue weighted by molar-refractivity contribution is 9.10. The van der Waals surface area contributed by atoms with E-state index in [-0.39, 0.29) is 11.4 Å². The van der Waals surface area contributed by atoms with Gasteiger partial charge in [0.05, 0.1) is 17.0 Å². The van der Waals surface area contributed by atoms with Gasteiger partial charge in [-0.15, -0.1) is 0 Å². The first-order valence-corrected chi connectivity index (χ1v) is 14.2. The Kier molecular flexibility index (Phi) is 7.81. The third-order valence-corrected chi connectivity index (χ3v) is 8.70. The number of hydrogen-bond acceptors (Lipinski definition) is 6. The second-order valence-corrected chi connectivity index (χ2v) is 11.8. The molecule has 0 N–H and O–H groups in total. The van der Waals surface area contributed by atoms with Gasteiger partial charge in [0.2, 0.25) is 0 Å². The Balaban J connectivity index is 1.20. The highest BCUT2D eigenvalue weighted by Crippen LogP contribution is 2.31. The normalized spacial score (nSPS) is 20.7. The number of rotatable bonds is 6. The van der Waals surface area contributed by atoms with Gasteiger partial charge in [0.25, 0.3) is 5.91 Å². The van der Waals surface area contributed by atoms with Gasteiger partial charge in [-0.25, -0.2) is 9.97 Å². The van der Waals surface area contributed by atoms with Crippen LogP contribution in [0, 0.1) is 19.8 Å². The summed E-state index contributed by atoms with van der Waals surface area (Å²) >= 11 is 3.54. The van der Waals surface area contributed by atoms with E-state index in [1.54, 1.807) is 0 Å². The number of carbonyl (C=O) groups is 1. The first kappa shape index (κ1) is 26.1. The Morgan fingerprint density at radius 3 is 2.22 bits per heavy atom. The maximum atomic E-state index is 13.2. The van der Waals surface area contributed by atoms with Gasteiger partial charge in [0.15, 0.2) is 5.84 Å². The van der Waals surface area contributed by atoms with Crippen LogP contribution in [-0.4, -0.2) is 87.8 Å². The van der Waals surface area contributed by atoms with E-state index in [9.17, 15) is 4.79 Å². The van der Waals surface area contributed by atoms with Crippen molar-refractivity contribution in [1.29, 1.82) is 0 Å². The van der Waals surface area contributed by atoms with Gasteiger partial charge in [-0.3, -0.25) is 9.69 Å². The van der Waals surface area contributed by atoms with E-state index in [0.717, 1.165) is 79.4 Å². The molecule has 1 amide bonds. The van der Waals surface area contributed by atoms with Crippen molar-refractivity contribution in [2.24, 2.45) is 11.1 Å². The molecule has 0 atom stereocenters. The standard InChI is InChI=1S/C28H37BrN6O2/c1-20-25(21(2)31-19-30-20)27(36)34-12-10-28(3,11-13-34)35-16-14-33(15-17-35)26(32-37-18-22-4-5-22)23-6-8-24(29)9-7-23/h6-9,19,22H,4-5,10-18H2,1-3H3/b32-26+. The Bertz CT molecular complexity index is 1110. The summed E-state index contributed by atoms with van der Waals surface area (Å²) in [4.78, 5) is 34.4. The van der Waals surface area contributed by atoms with Gasteiger partial charge >= 0.3 is 0 Å². The largest absolute Gasteiger partial charge is 0.394 e. The molecule has 0 bridgehead atoms. The molecule has 2 aliphatic heterocycles. The molecule has 3 heterocycles. The molecule has 2 saturated heterocycles. The first-order chi connectivity index (χ1) is 17.8. The fourth-order valence-corrected chi connectivity index (χ4v) is 5.67. The average molecular weight is 570 g/mol. The Hall–Kier alpha value is -2.52. The summed E-state index contributed by atoms with van der Waals surface area (Å²) in [7, 11) is 0. The van der Waals surface area contributed by atoms with Gasteiger partial charge in [-0.2, -0.15) is 0 Å². The minimum atomic E-state index is 0.0593. The molecule has 1 saturated carbocycles. The Labute approximate surface area is 228 Å². The van der Waals surface area contributed by atoms with Crippen LogP contribution in [0.3, 0.4) is 0 Å². The summed E-state index contributed by atoms with van der Waals surface area (Å²) in [5, 5.41) is 4.61. The number of amides is 1. The predicted molar refractivity (Wildman–Crippen MR) is 148 cm³/mol. The Morgan fingerprint density at radius 1 is 1.00 bits per heavy atom. The number of piperidine rings is 1. The van der Waals surface area contributed by atoms with E-state index >= 15 is 0 Å². The van der Waals surface area contributed by atoms with Gasteiger partial charge in [0, 0.05) is 54.8 Å². The lowest BCUT2D eigenvalue weighted by Crippen LogP contribution is -2.60. The van der Waals surface area contributed by atoms with Gasteiger partial charge in [-0.05, 0) is 64.5 Å². The minimum absolute atomic E-state index is 0.0593. The van der Waals surface area contributed by atoms with Gasteiger partial charge < -0.3 is 14.6 Å². The number of amidine groups is 1. The monoisotopic (exact) mass is 568 g/mol. The highest BCUT2D eigenvalue weighted by atomic mass is 79.9. The molecule has 198 valence electrons. The maximum Gasteiger partial charge on any atom is 0.257 e. The van der Waals surface area contributed by atoms with Gasteiger partial charge in [0.1, 0.15) is 12.9 Å². The van der Waals surface area contributed by atoms with Crippen molar-refractivity contribution >= 4 is 27.7 Å². The summed E-state index contributed by atoms with van der Waals surface area (Å²) in [6.45, 7) is 12.1. The van der Waals surface area contributed by atoms with Crippen LogP contribution in [0.2, 0.25) is 0 Å². The summed E-state index contributed by atoms with van der Waals surface area (Å²) in [6, 6.07) is 8.32. The molecule has 37 heavy (non-hydrogen) atoms. The van der Waals surface area contributed by atoms with Crippen molar-refractivity contribution in [3.8, 4) is 0 Å². The SMILES string of the molecule is Cc1ncnc(C)c1C(=O)N1CCC(C)(N2CCN(/C(=N/OCC3CC3)c3ccc(Br)cc3)CC2)CC1. The zero-order chi connectivity index (χ0) is 26.0. The Morgan fingerprint density at radius 2 is 1.62 bits per heavy atom. The van der Waals surface area contributed by atoms with Crippen LogP contribution in [0.1, 0.15) is 59.9 Å². The van der Waals surface area contributed by atoms with Crippen molar-refractivity contribution < 1.29 is 9.63 Å². The summed E-state index contributed by atoms with van der Waals surface area (Å²) in [5.74, 6) is 1.66. The maximum absolute atomic E-state index is 13.2. The van der Waals surface area contributed by atoms with Crippen LogP contribution in [-0.2, 0) is 4.84 Å². The molecule has 0 unspecified atom stereocenters. The zero-order valence-corrected chi connectivity index (χ0v) is 23.7. The second-order valence-electron chi connectivity index (χ2n) is 10.8. The number of nitrogens with zero attached hydrogens (tertiary/aromatic N) is 6. The number of aromatic nitrogens is 2. The molecule has 2 aromatic rings. The van der Waals surface area contributed by atoms with Crippen LogP contribution < -0.4 is 0 Å². The number of hydrogen-bond donors (Lipinski definition) is 0. The third-order valence-electron chi connectivity index (χ3n) is 8.17. The van der Waals surface area contributed by atoms with Crippen LogP contribution in [0.15, 0.2) is 40.2 Å². The van der Waals surface area contributed by atoms with E-state index in [4.69, 9.17) is 4.84 Å². The van der Waals surface area contributed by atoms with Crippen molar-refractivity contribution in [2.45, 2.75) is 52.0 Å².